The van der Waals surface area contributed by atoms with Crippen molar-refractivity contribution in [3.8, 4) is 6.07 Å². The molecule has 0 aliphatic heterocycles. The second-order valence-corrected chi connectivity index (χ2v) is 2.99. The van der Waals surface area contributed by atoms with Crippen molar-refractivity contribution in [2.45, 2.75) is 6.18 Å². The Hall–Kier alpha value is -1.77. The largest absolute Gasteiger partial charge is 0.405 e. The molecule has 0 saturated carbocycles. The minimum absolute atomic E-state index is 0.186. The normalized spacial score (nSPS) is 10.9. The van der Waals surface area contributed by atoms with Gasteiger partial charge in [-0.1, -0.05) is 0 Å². The lowest BCUT2D eigenvalue weighted by Gasteiger charge is -2.19. The van der Waals surface area contributed by atoms with Crippen molar-refractivity contribution in [2.75, 3.05) is 18.5 Å². The van der Waals surface area contributed by atoms with E-state index in [0.29, 0.717) is 5.56 Å². The van der Waals surface area contributed by atoms with Gasteiger partial charge in [0.15, 0.2) is 0 Å². The Morgan fingerprint density at radius 3 is 2.53 bits per heavy atom. The second-order valence-electron chi connectivity index (χ2n) is 2.99. The first kappa shape index (κ1) is 11.3. The number of hydrogen-bond acceptors (Lipinski definition) is 3. The Kier molecular flexibility index (Phi) is 3.14. The summed E-state index contributed by atoms with van der Waals surface area (Å²) < 4.78 is 36.0. The summed E-state index contributed by atoms with van der Waals surface area (Å²) >= 11 is 0. The van der Waals surface area contributed by atoms with Gasteiger partial charge in [-0.3, -0.25) is 0 Å². The number of alkyl halides is 3. The molecule has 80 valence electrons. The van der Waals surface area contributed by atoms with Gasteiger partial charge in [-0.25, -0.2) is 4.98 Å². The lowest BCUT2D eigenvalue weighted by atomic mass is 10.3. The fourth-order valence-corrected chi connectivity index (χ4v) is 1.03. The monoisotopic (exact) mass is 215 g/mol. The first-order valence-electron chi connectivity index (χ1n) is 4.06. The number of nitrogens with zero attached hydrogens (tertiary/aromatic N) is 3. The van der Waals surface area contributed by atoms with Gasteiger partial charge in [-0.05, 0) is 12.1 Å². The quantitative estimate of drug-likeness (QED) is 0.757. The van der Waals surface area contributed by atoms with E-state index >= 15 is 0 Å². The van der Waals surface area contributed by atoms with Gasteiger partial charge in [0, 0.05) is 13.2 Å². The smallest absolute Gasteiger partial charge is 0.351 e. The van der Waals surface area contributed by atoms with Crippen LogP contribution >= 0.6 is 0 Å². The maximum absolute atomic E-state index is 12.0. The van der Waals surface area contributed by atoms with E-state index in [1.165, 1.54) is 25.4 Å². The maximum atomic E-state index is 12.0. The van der Waals surface area contributed by atoms with E-state index in [-0.39, 0.29) is 5.82 Å². The molecule has 15 heavy (non-hydrogen) atoms. The standard InChI is InChI=1S/C9H8F3N3/c1-15(6-9(10,11)12)8-3-2-7(4-13)5-14-8/h2-3,5H,6H2,1H3. The highest BCUT2D eigenvalue weighted by atomic mass is 19.4. The highest BCUT2D eigenvalue weighted by molar-refractivity contribution is 5.41. The van der Waals surface area contributed by atoms with Gasteiger partial charge in [0.25, 0.3) is 0 Å². The second kappa shape index (κ2) is 4.17. The first-order chi connectivity index (χ1) is 6.92. The summed E-state index contributed by atoms with van der Waals surface area (Å²) in [4.78, 5) is 4.71. The average Bonchev–Trinajstić information content (AvgIpc) is 2.15. The van der Waals surface area contributed by atoms with Crippen molar-refractivity contribution in [3.63, 3.8) is 0 Å². The third kappa shape index (κ3) is 3.46. The van der Waals surface area contributed by atoms with Gasteiger partial charge in [-0.2, -0.15) is 18.4 Å². The van der Waals surface area contributed by atoms with Crippen LogP contribution in [0, 0.1) is 11.3 Å². The van der Waals surface area contributed by atoms with E-state index in [0.717, 1.165) is 4.90 Å². The number of hydrogen-bond donors (Lipinski definition) is 0. The van der Waals surface area contributed by atoms with Crippen molar-refractivity contribution >= 4 is 5.82 Å². The van der Waals surface area contributed by atoms with Gasteiger partial charge in [0.1, 0.15) is 18.4 Å². The predicted molar refractivity (Wildman–Crippen MR) is 48.3 cm³/mol. The molecule has 1 aromatic rings. The summed E-state index contributed by atoms with van der Waals surface area (Å²) in [6.45, 7) is -1.06. The van der Waals surface area contributed by atoms with Gasteiger partial charge in [0.05, 0.1) is 5.56 Å². The Bertz CT molecular complexity index is 364. The van der Waals surface area contributed by atoms with Gasteiger partial charge >= 0.3 is 6.18 Å². The zero-order chi connectivity index (χ0) is 11.5. The number of anilines is 1. The van der Waals surface area contributed by atoms with Crippen LogP contribution in [0.25, 0.3) is 0 Å². The molecule has 0 amide bonds. The van der Waals surface area contributed by atoms with Crippen LogP contribution in [0.15, 0.2) is 18.3 Å². The Morgan fingerprint density at radius 2 is 2.13 bits per heavy atom. The zero-order valence-corrected chi connectivity index (χ0v) is 7.91. The van der Waals surface area contributed by atoms with E-state index in [2.05, 4.69) is 4.98 Å². The van der Waals surface area contributed by atoms with Crippen LogP contribution in [0.3, 0.4) is 0 Å². The molecule has 1 aromatic heterocycles. The minimum Gasteiger partial charge on any atom is -0.351 e. The molecule has 0 aliphatic rings. The number of halogens is 3. The SMILES string of the molecule is CN(CC(F)(F)F)c1ccc(C#N)cn1. The molecular weight excluding hydrogens is 207 g/mol. The molecule has 0 spiro atoms. The van der Waals surface area contributed by atoms with E-state index < -0.39 is 12.7 Å². The van der Waals surface area contributed by atoms with Gasteiger partial charge in [-0.15, -0.1) is 0 Å². The molecule has 1 heterocycles. The topological polar surface area (TPSA) is 39.9 Å². The molecule has 0 aliphatic carbocycles. The third-order valence-corrected chi connectivity index (χ3v) is 1.68. The van der Waals surface area contributed by atoms with Crippen LogP contribution in [0.1, 0.15) is 5.56 Å². The fourth-order valence-electron chi connectivity index (χ4n) is 1.03. The van der Waals surface area contributed by atoms with E-state index in [1.54, 1.807) is 0 Å². The van der Waals surface area contributed by atoms with Crippen LogP contribution in [-0.2, 0) is 0 Å². The minimum atomic E-state index is -4.26. The lowest BCUT2D eigenvalue weighted by Crippen LogP contribution is -2.31. The molecule has 3 nitrogen and oxygen atoms in total. The predicted octanol–water partition coefficient (Wildman–Crippen LogP) is 1.95. The molecular formula is C9H8F3N3. The number of nitriles is 1. The summed E-state index contributed by atoms with van der Waals surface area (Å²) in [7, 11) is 1.29. The Balaban J connectivity index is 2.75. The Morgan fingerprint density at radius 1 is 1.47 bits per heavy atom. The molecule has 0 aromatic carbocycles. The van der Waals surface area contributed by atoms with E-state index in [1.807, 2.05) is 6.07 Å². The Labute approximate surface area is 84.8 Å². The molecule has 0 N–H and O–H groups in total. The van der Waals surface area contributed by atoms with Gasteiger partial charge in [0.2, 0.25) is 0 Å². The first-order valence-corrected chi connectivity index (χ1v) is 4.06. The van der Waals surface area contributed by atoms with Crippen LogP contribution in [-0.4, -0.2) is 24.8 Å². The summed E-state index contributed by atoms with van der Waals surface area (Å²) in [6, 6.07) is 4.64. The van der Waals surface area contributed by atoms with Crippen molar-refractivity contribution in [1.29, 1.82) is 5.26 Å². The number of rotatable bonds is 2. The van der Waals surface area contributed by atoms with E-state index in [9.17, 15) is 13.2 Å². The fraction of sp³-hybridized carbons (Fsp3) is 0.333. The summed E-state index contributed by atoms with van der Waals surface area (Å²) in [6.07, 6.45) is -3.02. The maximum Gasteiger partial charge on any atom is 0.405 e. The number of aromatic nitrogens is 1. The summed E-state index contributed by atoms with van der Waals surface area (Å²) in [5.41, 5.74) is 0.319. The molecule has 0 radical (unpaired) electrons. The lowest BCUT2D eigenvalue weighted by molar-refractivity contribution is -0.119. The molecule has 0 saturated heterocycles. The average molecular weight is 215 g/mol. The molecule has 1 rings (SSSR count). The molecule has 6 heteroatoms. The highest BCUT2D eigenvalue weighted by Crippen LogP contribution is 2.19. The third-order valence-electron chi connectivity index (χ3n) is 1.68. The van der Waals surface area contributed by atoms with Crippen LogP contribution in [0.5, 0.6) is 0 Å². The van der Waals surface area contributed by atoms with Crippen LogP contribution in [0.2, 0.25) is 0 Å². The zero-order valence-electron chi connectivity index (χ0n) is 7.91. The van der Waals surface area contributed by atoms with Crippen LogP contribution < -0.4 is 4.90 Å². The number of pyridine rings is 1. The van der Waals surface area contributed by atoms with E-state index in [4.69, 9.17) is 5.26 Å². The summed E-state index contributed by atoms with van der Waals surface area (Å²) in [5, 5.41) is 8.47. The van der Waals surface area contributed by atoms with Crippen molar-refractivity contribution in [2.24, 2.45) is 0 Å². The van der Waals surface area contributed by atoms with Crippen LogP contribution in [0.4, 0.5) is 19.0 Å². The highest BCUT2D eigenvalue weighted by Gasteiger charge is 2.29. The molecule has 0 unspecified atom stereocenters. The molecule has 0 bridgehead atoms. The summed E-state index contributed by atoms with van der Waals surface area (Å²) in [5.74, 6) is 0.186. The van der Waals surface area contributed by atoms with Crippen molar-refractivity contribution in [1.82, 2.24) is 4.98 Å². The van der Waals surface area contributed by atoms with Gasteiger partial charge < -0.3 is 4.90 Å². The van der Waals surface area contributed by atoms with Crippen molar-refractivity contribution < 1.29 is 13.2 Å². The van der Waals surface area contributed by atoms with Crippen molar-refractivity contribution in [3.05, 3.63) is 23.9 Å². The molecule has 0 atom stereocenters. The molecule has 0 fully saturated rings.